The minimum atomic E-state index is -0.367. The number of carbonyl (C=O) groups is 1. The smallest absolute Gasteiger partial charge is 0.193 e. The van der Waals surface area contributed by atoms with Crippen molar-refractivity contribution >= 4 is 33.3 Å². The van der Waals surface area contributed by atoms with Crippen molar-refractivity contribution in [1.29, 1.82) is 0 Å². The van der Waals surface area contributed by atoms with E-state index in [1.165, 1.54) is 24.3 Å². The topological polar surface area (TPSA) is 17.1 Å². The Kier molecular flexibility index (Phi) is 3.60. The summed E-state index contributed by atoms with van der Waals surface area (Å²) in [4.78, 5) is 12.1. The number of rotatable bonds is 2. The molecule has 1 nitrogen and oxygen atoms in total. The summed E-state index contributed by atoms with van der Waals surface area (Å²) in [5, 5.41) is 0.477. The lowest BCUT2D eigenvalue weighted by atomic mass is 10.0. The molecular formula is C13H7BrClFO. The monoisotopic (exact) mass is 312 g/mol. The molecular weight excluding hydrogens is 306 g/mol. The molecule has 0 saturated carbocycles. The lowest BCUT2D eigenvalue weighted by Crippen LogP contribution is -2.01. The van der Waals surface area contributed by atoms with Gasteiger partial charge in [0.25, 0.3) is 0 Å². The van der Waals surface area contributed by atoms with Crippen molar-refractivity contribution in [2.24, 2.45) is 0 Å². The molecule has 4 heteroatoms. The van der Waals surface area contributed by atoms with Crippen LogP contribution >= 0.6 is 27.5 Å². The van der Waals surface area contributed by atoms with Crippen LogP contribution < -0.4 is 0 Å². The summed E-state index contributed by atoms with van der Waals surface area (Å²) in [5.41, 5.74) is 0.900. The van der Waals surface area contributed by atoms with Gasteiger partial charge >= 0.3 is 0 Å². The lowest BCUT2D eigenvalue weighted by Gasteiger charge is -2.03. The average Bonchev–Trinajstić information content (AvgIpc) is 2.28. The Balaban J connectivity index is 2.40. The zero-order valence-electron chi connectivity index (χ0n) is 8.58. The van der Waals surface area contributed by atoms with E-state index in [9.17, 15) is 9.18 Å². The Labute approximate surface area is 111 Å². The van der Waals surface area contributed by atoms with Crippen LogP contribution in [0.5, 0.6) is 0 Å². The van der Waals surface area contributed by atoms with E-state index in [0.29, 0.717) is 16.1 Å². The van der Waals surface area contributed by atoms with Gasteiger partial charge in [-0.2, -0.15) is 0 Å². The first-order chi connectivity index (χ1) is 8.06. The van der Waals surface area contributed by atoms with Crippen LogP contribution in [-0.4, -0.2) is 5.78 Å². The Bertz CT molecular complexity index is 546. The zero-order chi connectivity index (χ0) is 12.4. The summed E-state index contributed by atoms with van der Waals surface area (Å²) in [7, 11) is 0. The first-order valence-electron chi connectivity index (χ1n) is 4.82. The molecule has 0 aliphatic heterocycles. The second-order valence-corrected chi connectivity index (χ2v) is 4.85. The van der Waals surface area contributed by atoms with Crippen LogP contribution in [0.3, 0.4) is 0 Å². The summed E-state index contributed by atoms with van der Waals surface area (Å²) in [6.45, 7) is 0. The molecule has 0 aliphatic carbocycles. The van der Waals surface area contributed by atoms with Crippen LogP contribution in [0.1, 0.15) is 15.9 Å². The molecule has 17 heavy (non-hydrogen) atoms. The van der Waals surface area contributed by atoms with E-state index in [0.717, 1.165) is 4.47 Å². The average molecular weight is 314 g/mol. The molecule has 0 aromatic heterocycles. The van der Waals surface area contributed by atoms with Crippen molar-refractivity contribution in [1.82, 2.24) is 0 Å². The Morgan fingerprint density at radius 3 is 2.29 bits per heavy atom. The predicted molar refractivity (Wildman–Crippen MR) is 69.0 cm³/mol. The fourth-order valence-electron chi connectivity index (χ4n) is 1.45. The van der Waals surface area contributed by atoms with Crippen molar-refractivity contribution in [3.8, 4) is 0 Å². The molecule has 0 fully saturated rings. The summed E-state index contributed by atoms with van der Waals surface area (Å²) >= 11 is 9.13. The highest BCUT2D eigenvalue weighted by atomic mass is 79.9. The maximum atomic E-state index is 12.7. The van der Waals surface area contributed by atoms with E-state index in [1.54, 1.807) is 18.2 Å². The molecule has 0 N–H and O–H groups in total. The maximum absolute atomic E-state index is 12.7. The molecule has 0 bridgehead atoms. The van der Waals surface area contributed by atoms with E-state index < -0.39 is 0 Å². The number of carbonyl (C=O) groups excluding carboxylic acids is 1. The minimum absolute atomic E-state index is 0.187. The number of benzene rings is 2. The fraction of sp³-hybridized carbons (Fsp3) is 0. The van der Waals surface area contributed by atoms with Crippen LogP contribution in [0.4, 0.5) is 4.39 Å². The summed E-state index contributed by atoms with van der Waals surface area (Å²) in [6.07, 6.45) is 0. The quantitative estimate of drug-likeness (QED) is 0.748. The van der Waals surface area contributed by atoms with Gasteiger partial charge in [0, 0.05) is 20.6 Å². The van der Waals surface area contributed by atoms with Gasteiger partial charge in [-0.15, -0.1) is 0 Å². The van der Waals surface area contributed by atoms with Gasteiger partial charge in [0.15, 0.2) is 5.78 Å². The fourth-order valence-corrected chi connectivity index (χ4v) is 2.31. The normalized spacial score (nSPS) is 10.3. The molecule has 2 aromatic carbocycles. The van der Waals surface area contributed by atoms with Crippen LogP contribution in [-0.2, 0) is 0 Å². The highest BCUT2D eigenvalue weighted by molar-refractivity contribution is 9.10. The number of ketones is 1. The first kappa shape index (κ1) is 12.3. The molecule has 0 amide bonds. The van der Waals surface area contributed by atoms with Gasteiger partial charge in [-0.1, -0.05) is 27.5 Å². The van der Waals surface area contributed by atoms with Crippen LogP contribution in [0, 0.1) is 5.82 Å². The van der Waals surface area contributed by atoms with E-state index >= 15 is 0 Å². The molecule has 2 aromatic rings. The molecule has 0 spiro atoms. The van der Waals surface area contributed by atoms with E-state index in [1.807, 2.05) is 0 Å². The van der Waals surface area contributed by atoms with E-state index in [-0.39, 0.29) is 11.6 Å². The minimum Gasteiger partial charge on any atom is -0.289 e. The first-order valence-corrected chi connectivity index (χ1v) is 6.00. The van der Waals surface area contributed by atoms with Gasteiger partial charge in [0.05, 0.1) is 0 Å². The lowest BCUT2D eigenvalue weighted by molar-refractivity contribution is 0.103. The standard InChI is InChI=1S/C13H7BrClFO/c14-10-5-9(6-11(15)7-10)13(17)8-1-3-12(16)4-2-8/h1-7H. The van der Waals surface area contributed by atoms with Crippen molar-refractivity contribution in [2.75, 3.05) is 0 Å². The third kappa shape index (κ3) is 2.93. The Morgan fingerprint density at radius 2 is 1.71 bits per heavy atom. The molecule has 0 heterocycles. The molecule has 0 aliphatic rings. The number of hydrogen-bond donors (Lipinski definition) is 0. The molecule has 2 rings (SSSR count). The highest BCUT2D eigenvalue weighted by Gasteiger charge is 2.10. The van der Waals surface area contributed by atoms with Gasteiger partial charge in [0.2, 0.25) is 0 Å². The van der Waals surface area contributed by atoms with Gasteiger partial charge in [-0.3, -0.25) is 4.79 Å². The maximum Gasteiger partial charge on any atom is 0.193 e. The van der Waals surface area contributed by atoms with Crippen molar-refractivity contribution in [3.63, 3.8) is 0 Å². The molecule has 0 atom stereocenters. The van der Waals surface area contributed by atoms with Crippen molar-refractivity contribution < 1.29 is 9.18 Å². The number of halogens is 3. The Morgan fingerprint density at radius 1 is 1.06 bits per heavy atom. The van der Waals surface area contributed by atoms with E-state index in [4.69, 9.17) is 11.6 Å². The van der Waals surface area contributed by atoms with Gasteiger partial charge in [-0.25, -0.2) is 4.39 Å². The SMILES string of the molecule is O=C(c1ccc(F)cc1)c1cc(Cl)cc(Br)c1. The largest absolute Gasteiger partial charge is 0.289 e. The summed E-state index contributed by atoms with van der Waals surface area (Å²) < 4.78 is 13.5. The van der Waals surface area contributed by atoms with Crippen LogP contribution in [0.25, 0.3) is 0 Å². The highest BCUT2D eigenvalue weighted by Crippen LogP contribution is 2.21. The molecule has 0 radical (unpaired) electrons. The number of hydrogen-bond acceptors (Lipinski definition) is 1. The van der Waals surface area contributed by atoms with Crippen LogP contribution in [0.2, 0.25) is 5.02 Å². The van der Waals surface area contributed by atoms with Gasteiger partial charge < -0.3 is 0 Å². The third-order valence-electron chi connectivity index (χ3n) is 2.23. The Hall–Kier alpha value is -1.19. The van der Waals surface area contributed by atoms with Gasteiger partial charge in [-0.05, 0) is 42.5 Å². The molecule has 86 valence electrons. The predicted octanol–water partition coefficient (Wildman–Crippen LogP) is 4.47. The second kappa shape index (κ2) is 4.98. The molecule has 0 unspecified atom stereocenters. The molecule has 0 saturated heterocycles. The van der Waals surface area contributed by atoms with E-state index in [2.05, 4.69) is 15.9 Å². The summed E-state index contributed by atoms with van der Waals surface area (Å²) in [6, 6.07) is 10.4. The second-order valence-electron chi connectivity index (χ2n) is 3.49. The zero-order valence-corrected chi connectivity index (χ0v) is 10.9. The van der Waals surface area contributed by atoms with Crippen molar-refractivity contribution in [3.05, 3.63) is 68.9 Å². The van der Waals surface area contributed by atoms with Gasteiger partial charge in [0.1, 0.15) is 5.82 Å². The van der Waals surface area contributed by atoms with Crippen molar-refractivity contribution in [2.45, 2.75) is 0 Å². The third-order valence-corrected chi connectivity index (χ3v) is 2.91. The summed E-state index contributed by atoms with van der Waals surface area (Å²) in [5.74, 6) is -0.554. The van der Waals surface area contributed by atoms with Crippen LogP contribution in [0.15, 0.2) is 46.9 Å².